The lowest BCUT2D eigenvalue weighted by Crippen LogP contribution is -2.40. The highest BCUT2D eigenvalue weighted by Gasteiger charge is 2.32. The van der Waals surface area contributed by atoms with Gasteiger partial charge < -0.3 is 10.1 Å². The van der Waals surface area contributed by atoms with E-state index in [4.69, 9.17) is 9.73 Å². The largest absolute Gasteiger partial charge is 0.496 e. The molecule has 3 aromatic carbocycles. The Morgan fingerprint density at radius 3 is 2.46 bits per heavy atom. The second-order valence-corrected chi connectivity index (χ2v) is 11.8. The van der Waals surface area contributed by atoms with Crippen LogP contribution in [0.2, 0.25) is 0 Å². The standard InChI is InChI=1S/C31H28IN3O3S/c1-18(2)21-11-13-22(14-12-21)28-27(29(36)34-23-8-6-5-7-9-23)19(3)33-31-35(28)30(37)26(39-31)17-20-10-15-25(38-4)24(32)16-20/h5-18,28H,1-4H3,(H,34,36)/b26-17-. The number of nitrogens with zero attached hydrogens (tertiary/aromatic N) is 2. The van der Waals surface area contributed by atoms with Crippen molar-refractivity contribution in [2.75, 3.05) is 12.4 Å². The van der Waals surface area contributed by atoms with E-state index in [1.165, 1.54) is 16.9 Å². The van der Waals surface area contributed by atoms with Crippen molar-refractivity contribution >= 4 is 51.6 Å². The van der Waals surface area contributed by atoms with Crippen molar-refractivity contribution in [1.82, 2.24) is 4.57 Å². The fourth-order valence-corrected chi connectivity index (χ4v) is 6.44. The number of methoxy groups -OCH3 is 1. The molecule has 2 heterocycles. The summed E-state index contributed by atoms with van der Waals surface area (Å²) >= 11 is 3.55. The van der Waals surface area contributed by atoms with E-state index in [-0.39, 0.29) is 11.5 Å². The van der Waals surface area contributed by atoms with E-state index >= 15 is 0 Å². The van der Waals surface area contributed by atoms with Crippen LogP contribution < -0.4 is 24.9 Å². The lowest BCUT2D eigenvalue weighted by atomic mass is 9.93. The lowest BCUT2D eigenvalue weighted by molar-refractivity contribution is -0.113. The van der Waals surface area contributed by atoms with Crippen LogP contribution in [0.15, 0.2) is 93.9 Å². The number of hydrogen-bond acceptors (Lipinski definition) is 5. The third-order valence-electron chi connectivity index (χ3n) is 6.69. The smallest absolute Gasteiger partial charge is 0.271 e. The molecule has 0 radical (unpaired) electrons. The van der Waals surface area contributed by atoms with Gasteiger partial charge in [0.15, 0.2) is 4.80 Å². The number of rotatable bonds is 6. The van der Waals surface area contributed by atoms with Crippen molar-refractivity contribution < 1.29 is 9.53 Å². The maximum absolute atomic E-state index is 13.9. The number of thiazole rings is 1. The summed E-state index contributed by atoms with van der Waals surface area (Å²) in [5.41, 5.74) is 4.49. The van der Waals surface area contributed by atoms with Crippen LogP contribution in [0.5, 0.6) is 5.75 Å². The Balaban J connectivity index is 1.66. The quantitative estimate of drug-likeness (QED) is 0.276. The maximum atomic E-state index is 13.9. The Labute approximate surface area is 244 Å². The number of halogens is 1. The second-order valence-electron chi connectivity index (χ2n) is 9.62. The Kier molecular flexibility index (Phi) is 7.86. The molecule has 1 unspecified atom stereocenters. The molecule has 0 saturated heterocycles. The number of allylic oxidation sites excluding steroid dienone is 1. The van der Waals surface area contributed by atoms with Gasteiger partial charge in [0.2, 0.25) is 0 Å². The van der Waals surface area contributed by atoms with E-state index in [9.17, 15) is 9.59 Å². The molecule has 0 saturated carbocycles. The molecule has 5 rings (SSSR count). The average Bonchev–Trinajstić information content (AvgIpc) is 3.22. The summed E-state index contributed by atoms with van der Waals surface area (Å²) in [6, 6.07) is 22.6. The normalized spacial score (nSPS) is 15.2. The fourth-order valence-electron chi connectivity index (χ4n) is 4.63. The minimum atomic E-state index is -0.607. The molecule has 0 fully saturated rings. The van der Waals surface area contributed by atoms with Crippen LogP contribution in [0.1, 0.15) is 49.4 Å². The second kappa shape index (κ2) is 11.3. The van der Waals surface area contributed by atoms with Gasteiger partial charge in [-0.2, -0.15) is 0 Å². The molecular formula is C31H28IN3O3S. The monoisotopic (exact) mass is 649 g/mol. The molecular weight excluding hydrogens is 621 g/mol. The van der Waals surface area contributed by atoms with Gasteiger partial charge in [0.25, 0.3) is 11.5 Å². The highest BCUT2D eigenvalue weighted by atomic mass is 127. The van der Waals surface area contributed by atoms with Crippen molar-refractivity contribution in [2.45, 2.75) is 32.7 Å². The first-order valence-corrected chi connectivity index (χ1v) is 14.5. The molecule has 198 valence electrons. The van der Waals surface area contributed by atoms with Crippen molar-refractivity contribution in [3.63, 3.8) is 0 Å². The summed E-state index contributed by atoms with van der Waals surface area (Å²) in [5, 5.41) is 3.00. The Bertz CT molecular complexity index is 1750. The van der Waals surface area contributed by atoms with E-state index < -0.39 is 6.04 Å². The minimum absolute atomic E-state index is 0.181. The fraction of sp³-hybridized carbons (Fsp3) is 0.194. The molecule has 1 aliphatic rings. The van der Waals surface area contributed by atoms with Crippen LogP contribution in [-0.4, -0.2) is 17.6 Å². The van der Waals surface area contributed by atoms with E-state index in [1.807, 2.05) is 73.7 Å². The zero-order valence-corrected chi connectivity index (χ0v) is 25.0. The molecule has 8 heteroatoms. The molecule has 0 bridgehead atoms. The van der Waals surface area contributed by atoms with Crippen molar-refractivity contribution in [1.29, 1.82) is 0 Å². The summed E-state index contributed by atoms with van der Waals surface area (Å²) in [6.07, 6.45) is 1.87. The first kappa shape index (κ1) is 27.1. The minimum Gasteiger partial charge on any atom is -0.496 e. The Hall–Kier alpha value is -3.50. The van der Waals surface area contributed by atoms with Crippen molar-refractivity contribution in [2.24, 2.45) is 4.99 Å². The highest BCUT2D eigenvalue weighted by Crippen LogP contribution is 2.31. The van der Waals surface area contributed by atoms with Crippen LogP contribution in [0, 0.1) is 3.57 Å². The lowest BCUT2D eigenvalue weighted by Gasteiger charge is -2.25. The van der Waals surface area contributed by atoms with Crippen molar-refractivity contribution in [3.05, 3.63) is 124 Å². The van der Waals surface area contributed by atoms with Gasteiger partial charge in [-0.3, -0.25) is 14.2 Å². The molecule has 1 aromatic heterocycles. The Morgan fingerprint density at radius 1 is 1.10 bits per heavy atom. The van der Waals surface area contributed by atoms with Gasteiger partial charge >= 0.3 is 0 Å². The molecule has 0 aliphatic carbocycles. The zero-order valence-electron chi connectivity index (χ0n) is 22.1. The predicted molar refractivity (Wildman–Crippen MR) is 165 cm³/mol. The van der Waals surface area contributed by atoms with Gasteiger partial charge in [0, 0.05) is 5.69 Å². The maximum Gasteiger partial charge on any atom is 0.271 e. The van der Waals surface area contributed by atoms with E-state index in [1.54, 1.807) is 11.7 Å². The zero-order chi connectivity index (χ0) is 27.7. The highest BCUT2D eigenvalue weighted by molar-refractivity contribution is 14.1. The predicted octanol–water partition coefficient (Wildman–Crippen LogP) is 5.61. The number of ether oxygens (including phenoxy) is 1. The van der Waals surface area contributed by atoms with E-state index in [0.29, 0.717) is 32.2 Å². The van der Waals surface area contributed by atoms with E-state index in [2.05, 4.69) is 53.9 Å². The van der Waals surface area contributed by atoms with Crippen molar-refractivity contribution in [3.8, 4) is 5.75 Å². The number of benzene rings is 3. The summed E-state index contributed by atoms with van der Waals surface area (Å²) in [6.45, 7) is 6.11. The van der Waals surface area contributed by atoms with Gasteiger partial charge in [-0.15, -0.1) is 0 Å². The van der Waals surface area contributed by atoms with Crippen LogP contribution >= 0.6 is 33.9 Å². The molecule has 0 spiro atoms. The molecule has 6 nitrogen and oxygen atoms in total. The first-order valence-electron chi connectivity index (χ1n) is 12.6. The summed E-state index contributed by atoms with van der Waals surface area (Å²) < 4.78 is 8.53. The molecule has 39 heavy (non-hydrogen) atoms. The number of nitrogens with one attached hydrogen (secondary N) is 1. The number of para-hydroxylation sites is 1. The third-order valence-corrected chi connectivity index (χ3v) is 8.52. The van der Waals surface area contributed by atoms with Gasteiger partial charge in [-0.05, 0) is 82.5 Å². The van der Waals surface area contributed by atoms with Crippen LogP contribution in [0.4, 0.5) is 5.69 Å². The summed E-state index contributed by atoms with van der Waals surface area (Å²) in [7, 11) is 1.64. The summed E-state index contributed by atoms with van der Waals surface area (Å²) in [5.74, 6) is 0.870. The molecule has 1 amide bonds. The number of aromatic nitrogens is 1. The number of hydrogen-bond donors (Lipinski definition) is 1. The third kappa shape index (κ3) is 5.49. The van der Waals surface area contributed by atoms with Crippen LogP contribution in [0.25, 0.3) is 6.08 Å². The number of amides is 1. The van der Waals surface area contributed by atoms with Crippen LogP contribution in [0.3, 0.4) is 0 Å². The Morgan fingerprint density at radius 2 is 1.82 bits per heavy atom. The van der Waals surface area contributed by atoms with Gasteiger partial charge in [0.05, 0.1) is 32.5 Å². The number of fused-ring (bicyclic) bond motifs is 1. The average molecular weight is 650 g/mol. The van der Waals surface area contributed by atoms with Crippen LogP contribution in [-0.2, 0) is 4.79 Å². The SMILES string of the molecule is COc1ccc(/C=c2\sc3n(c2=O)C(c2ccc(C(C)C)cc2)C(C(=O)Nc2ccccc2)=C(C)N=3)cc1I. The number of anilines is 1. The number of carbonyl (C=O) groups is 1. The first-order chi connectivity index (χ1) is 18.8. The molecule has 4 aromatic rings. The summed E-state index contributed by atoms with van der Waals surface area (Å²) in [4.78, 5) is 32.9. The molecule has 1 atom stereocenters. The molecule has 1 N–H and O–H groups in total. The topological polar surface area (TPSA) is 72.7 Å². The number of carbonyl (C=O) groups excluding carboxylic acids is 1. The van der Waals surface area contributed by atoms with Gasteiger partial charge in [0.1, 0.15) is 5.75 Å². The van der Waals surface area contributed by atoms with Gasteiger partial charge in [-0.1, -0.05) is 73.7 Å². The van der Waals surface area contributed by atoms with Gasteiger partial charge in [-0.25, -0.2) is 4.99 Å². The molecule has 1 aliphatic heterocycles. The van der Waals surface area contributed by atoms with E-state index in [0.717, 1.165) is 20.4 Å².